The number of ether oxygens (including phenoxy) is 1. The Morgan fingerprint density at radius 2 is 1.95 bits per heavy atom. The highest BCUT2D eigenvalue weighted by Gasteiger charge is 2.09. The van der Waals surface area contributed by atoms with E-state index in [-0.39, 0.29) is 0 Å². The third kappa shape index (κ3) is 3.27. The molecule has 0 saturated carbocycles. The van der Waals surface area contributed by atoms with Crippen molar-refractivity contribution in [3.05, 3.63) is 42.0 Å². The predicted molar refractivity (Wildman–Crippen MR) is 82.0 cm³/mol. The van der Waals surface area contributed by atoms with E-state index in [4.69, 9.17) is 4.74 Å². The van der Waals surface area contributed by atoms with Gasteiger partial charge in [-0.15, -0.1) is 0 Å². The molecule has 0 radical (unpaired) electrons. The number of methoxy groups -OCH3 is 1. The lowest BCUT2D eigenvalue weighted by Gasteiger charge is -2.15. The minimum absolute atomic E-state index is 0.536. The maximum absolute atomic E-state index is 5.53. The van der Waals surface area contributed by atoms with Crippen LogP contribution >= 0.6 is 0 Å². The Morgan fingerprint density at radius 1 is 1.16 bits per heavy atom. The monoisotopic (exact) mass is 257 g/mol. The predicted octanol–water partition coefficient (Wildman–Crippen LogP) is 3.78. The van der Waals surface area contributed by atoms with Crippen molar-refractivity contribution in [3.63, 3.8) is 0 Å². The second-order valence-corrected chi connectivity index (χ2v) is 4.96. The maximum Gasteiger partial charge on any atom is 0.122 e. The Labute approximate surface area is 115 Å². The van der Waals surface area contributed by atoms with E-state index in [1.165, 1.54) is 16.3 Å². The van der Waals surface area contributed by atoms with Crippen molar-refractivity contribution in [2.75, 3.05) is 13.7 Å². The molecule has 0 aromatic heterocycles. The molecule has 0 fully saturated rings. The highest BCUT2D eigenvalue weighted by molar-refractivity contribution is 5.87. The number of aryl methyl sites for hydroxylation is 1. The molecule has 19 heavy (non-hydrogen) atoms. The summed E-state index contributed by atoms with van der Waals surface area (Å²) in [5.41, 5.74) is 1.32. The summed E-state index contributed by atoms with van der Waals surface area (Å²) in [7, 11) is 1.75. The SMILES string of the molecule is CCNC(C)CCc1c(OC)ccc2ccccc12. The van der Waals surface area contributed by atoms with Gasteiger partial charge in [-0.1, -0.05) is 37.3 Å². The minimum atomic E-state index is 0.536. The Kier molecular flexibility index (Phi) is 4.80. The summed E-state index contributed by atoms with van der Waals surface area (Å²) in [4.78, 5) is 0. The van der Waals surface area contributed by atoms with Gasteiger partial charge in [0, 0.05) is 11.6 Å². The lowest BCUT2D eigenvalue weighted by atomic mass is 9.98. The van der Waals surface area contributed by atoms with E-state index in [9.17, 15) is 0 Å². The van der Waals surface area contributed by atoms with Crippen LogP contribution in [0.25, 0.3) is 10.8 Å². The highest BCUT2D eigenvalue weighted by atomic mass is 16.5. The van der Waals surface area contributed by atoms with Gasteiger partial charge in [-0.3, -0.25) is 0 Å². The van der Waals surface area contributed by atoms with Gasteiger partial charge in [0.15, 0.2) is 0 Å². The summed E-state index contributed by atoms with van der Waals surface area (Å²) in [5, 5.41) is 6.06. The largest absolute Gasteiger partial charge is 0.496 e. The van der Waals surface area contributed by atoms with Crippen molar-refractivity contribution in [2.45, 2.75) is 32.7 Å². The number of fused-ring (bicyclic) bond motifs is 1. The number of hydrogen-bond donors (Lipinski definition) is 1. The number of benzene rings is 2. The Hall–Kier alpha value is -1.54. The van der Waals surface area contributed by atoms with Crippen LogP contribution in [0.4, 0.5) is 0 Å². The molecule has 0 aliphatic heterocycles. The van der Waals surface area contributed by atoms with Gasteiger partial charge in [-0.25, -0.2) is 0 Å². The fraction of sp³-hybridized carbons (Fsp3) is 0.412. The van der Waals surface area contributed by atoms with Crippen LogP contribution in [0.2, 0.25) is 0 Å². The molecule has 1 N–H and O–H groups in total. The molecule has 0 aliphatic rings. The summed E-state index contributed by atoms with van der Waals surface area (Å²) >= 11 is 0. The number of hydrogen-bond acceptors (Lipinski definition) is 2. The molecule has 0 amide bonds. The lowest BCUT2D eigenvalue weighted by molar-refractivity contribution is 0.408. The van der Waals surface area contributed by atoms with E-state index in [0.29, 0.717) is 6.04 Å². The van der Waals surface area contributed by atoms with E-state index < -0.39 is 0 Å². The Bertz CT molecular complexity index is 536. The third-order valence-electron chi connectivity index (χ3n) is 3.60. The van der Waals surface area contributed by atoms with E-state index in [1.54, 1.807) is 7.11 Å². The Balaban J connectivity index is 2.28. The molecule has 1 atom stereocenters. The molecular formula is C17H23NO. The van der Waals surface area contributed by atoms with E-state index in [0.717, 1.165) is 25.1 Å². The molecule has 1 unspecified atom stereocenters. The van der Waals surface area contributed by atoms with E-state index in [1.807, 2.05) is 0 Å². The number of nitrogens with one attached hydrogen (secondary N) is 1. The van der Waals surface area contributed by atoms with Crippen LogP contribution in [0.15, 0.2) is 36.4 Å². The summed E-state index contributed by atoms with van der Waals surface area (Å²) < 4.78 is 5.53. The molecule has 0 aliphatic carbocycles. The molecule has 2 heteroatoms. The third-order valence-corrected chi connectivity index (χ3v) is 3.60. The first-order valence-corrected chi connectivity index (χ1v) is 7.04. The fourth-order valence-corrected chi connectivity index (χ4v) is 2.58. The zero-order valence-electron chi connectivity index (χ0n) is 12.1. The van der Waals surface area contributed by atoms with Crippen molar-refractivity contribution < 1.29 is 4.74 Å². The first kappa shape index (κ1) is 13.9. The van der Waals surface area contributed by atoms with Gasteiger partial charge >= 0.3 is 0 Å². The Morgan fingerprint density at radius 3 is 2.68 bits per heavy atom. The van der Waals surface area contributed by atoms with Gasteiger partial charge in [0.05, 0.1) is 7.11 Å². The maximum atomic E-state index is 5.53. The first-order valence-electron chi connectivity index (χ1n) is 7.04. The van der Waals surface area contributed by atoms with Gasteiger partial charge in [0.25, 0.3) is 0 Å². The van der Waals surface area contributed by atoms with Gasteiger partial charge in [-0.2, -0.15) is 0 Å². The molecule has 2 nitrogen and oxygen atoms in total. The van der Waals surface area contributed by atoms with Gasteiger partial charge in [0.2, 0.25) is 0 Å². The second kappa shape index (κ2) is 6.58. The average molecular weight is 257 g/mol. The summed E-state index contributed by atoms with van der Waals surface area (Å²) in [6.45, 7) is 5.41. The smallest absolute Gasteiger partial charge is 0.122 e. The van der Waals surface area contributed by atoms with Gasteiger partial charge in [0.1, 0.15) is 5.75 Å². The van der Waals surface area contributed by atoms with Gasteiger partial charge in [-0.05, 0) is 43.1 Å². The molecule has 102 valence electrons. The van der Waals surface area contributed by atoms with Crippen LogP contribution in [0.3, 0.4) is 0 Å². The molecule has 2 rings (SSSR count). The highest BCUT2D eigenvalue weighted by Crippen LogP contribution is 2.29. The first-order chi connectivity index (χ1) is 9.26. The normalized spacial score (nSPS) is 12.6. The molecule has 0 spiro atoms. The zero-order valence-corrected chi connectivity index (χ0v) is 12.1. The van der Waals surface area contributed by atoms with Crippen molar-refractivity contribution in [2.24, 2.45) is 0 Å². The number of rotatable bonds is 6. The van der Waals surface area contributed by atoms with Crippen LogP contribution in [0.5, 0.6) is 5.75 Å². The molecule has 0 bridgehead atoms. The fourth-order valence-electron chi connectivity index (χ4n) is 2.58. The van der Waals surface area contributed by atoms with Crippen molar-refractivity contribution >= 4 is 10.8 Å². The topological polar surface area (TPSA) is 21.3 Å². The molecule has 0 saturated heterocycles. The van der Waals surface area contributed by atoms with Crippen LogP contribution < -0.4 is 10.1 Å². The summed E-state index contributed by atoms with van der Waals surface area (Å²) in [5.74, 6) is 1.00. The quantitative estimate of drug-likeness (QED) is 0.850. The van der Waals surface area contributed by atoms with Crippen molar-refractivity contribution in [3.8, 4) is 5.75 Å². The van der Waals surface area contributed by atoms with E-state index in [2.05, 4.69) is 55.6 Å². The van der Waals surface area contributed by atoms with Crippen molar-refractivity contribution in [1.82, 2.24) is 5.32 Å². The average Bonchev–Trinajstić information content (AvgIpc) is 2.44. The standard InChI is InChI=1S/C17H23NO/c1-4-18-13(2)9-11-16-15-8-6-5-7-14(15)10-12-17(16)19-3/h5-8,10,12-13,18H,4,9,11H2,1-3H3. The minimum Gasteiger partial charge on any atom is -0.496 e. The van der Waals surface area contributed by atoms with Gasteiger partial charge < -0.3 is 10.1 Å². The summed E-state index contributed by atoms with van der Waals surface area (Å²) in [6.07, 6.45) is 2.16. The molecular weight excluding hydrogens is 234 g/mol. The lowest BCUT2D eigenvalue weighted by Crippen LogP contribution is -2.25. The summed E-state index contributed by atoms with van der Waals surface area (Å²) in [6, 6.07) is 13.3. The van der Waals surface area contributed by atoms with E-state index >= 15 is 0 Å². The van der Waals surface area contributed by atoms with Crippen LogP contribution in [0.1, 0.15) is 25.8 Å². The van der Waals surface area contributed by atoms with Crippen LogP contribution in [-0.4, -0.2) is 19.7 Å². The zero-order chi connectivity index (χ0) is 13.7. The van der Waals surface area contributed by atoms with Crippen LogP contribution in [0, 0.1) is 0 Å². The molecule has 2 aromatic carbocycles. The molecule has 0 heterocycles. The second-order valence-electron chi connectivity index (χ2n) is 4.96. The van der Waals surface area contributed by atoms with Crippen LogP contribution in [-0.2, 0) is 6.42 Å². The molecule has 2 aromatic rings. The van der Waals surface area contributed by atoms with Crippen molar-refractivity contribution in [1.29, 1.82) is 0 Å².